The molecule has 2 aromatic rings. The molecule has 1 aromatic heterocycles. The highest BCUT2D eigenvalue weighted by atomic mass is 19.1. The van der Waals surface area contributed by atoms with E-state index in [1.807, 2.05) is 12.3 Å². The molecule has 7 rings (SSSR count). The van der Waals surface area contributed by atoms with Gasteiger partial charge in [0.05, 0.1) is 49.3 Å². The number of ether oxygens (including phenoxy) is 2. The molecule has 4 fully saturated rings. The quantitative estimate of drug-likeness (QED) is 0.592. The Balaban J connectivity index is 1.04. The van der Waals surface area contributed by atoms with Crippen molar-refractivity contribution in [2.75, 3.05) is 26.3 Å². The number of carbonyl (C=O) groups is 1. The minimum absolute atomic E-state index is 0.117. The first-order valence-electron chi connectivity index (χ1n) is 14.2. The predicted octanol–water partition coefficient (Wildman–Crippen LogP) is 2.80. The van der Waals surface area contributed by atoms with Gasteiger partial charge >= 0.3 is 0 Å². The molecule has 9 heteroatoms. The second-order valence-corrected chi connectivity index (χ2v) is 11.9. The smallest absolute Gasteiger partial charge is 0.238 e. The minimum Gasteiger partial charge on any atom is -0.378 e. The van der Waals surface area contributed by atoms with Crippen molar-refractivity contribution in [2.45, 2.75) is 74.9 Å². The van der Waals surface area contributed by atoms with Crippen LogP contribution in [0.2, 0.25) is 0 Å². The van der Waals surface area contributed by atoms with Crippen LogP contribution >= 0.6 is 0 Å². The van der Waals surface area contributed by atoms with Crippen LogP contribution in [0.1, 0.15) is 48.8 Å². The van der Waals surface area contributed by atoms with Gasteiger partial charge in [-0.2, -0.15) is 5.26 Å². The largest absolute Gasteiger partial charge is 0.378 e. The van der Waals surface area contributed by atoms with Crippen molar-refractivity contribution in [1.82, 2.24) is 20.5 Å². The van der Waals surface area contributed by atoms with Crippen LogP contribution in [0.5, 0.6) is 0 Å². The first-order valence-corrected chi connectivity index (χ1v) is 14.2. The number of nitrogens with one attached hydrogen (secondary N) is 2. The number of aromatic nitrogens is 1. The molecule has 5 aliphatic rings. The maximum atomic E-state index is 15.3. The van der Waals surface area contributed by atoms with Crippen molar-refractivity contribution >= 4 is 5.91 Å². The van der Waals surface area contributed by atoms with Crippen molar-refractivity contribution in [1.29, 1.82) is 5.26 Å². The molecule has 0 radical (unpaired) electrons. The Labute approximate surface area is 227 Å². The molecule has 3 saturated heterocycles. The lowest BCUT2D eigenvalue weighted by Gasteiger charge is -2.45. The topological polar surface area (TPSA) is 99.5 Å². The minimum atomic E-state index is -0.786. The first-order chi connectivity index (χ1) is 19.0. The summed E-state index contributed by atoms with van der Waals surface area (Å²) >= 11 is 0. The van der Waals surface area contributed by atoms with Gasteiger partial charge in [-0.3, -0.25) is 14.7 Å². The van der Waals surface area contributed by atoms with E-state index in [0.29, 0.717) is 41.4 Å². The van der Waals surface area contributed by atoms with E-state index in [-0.39, 0.29) is 24.0 Å². The third-order valence-electron chi connectivity index (χ3n) is 9.61. The molecule has 2 N–H and O–H groups in total. The Morgan fingerprint density at radius 2 is 2.13 bits per heavy atom. The van der Waals surface area contributed by atoms with Crippen LogP contribution in [0.25, 0.3) is 11.3 Å². The molecule has 4 aliphatic heterocycles. The summed E-state index contributed by atoms with van der Waals surface area (Å²) in [5.74, 6) is -0.222. The van der Waals surface area contributed by atoms with E-state index in [2.05, 4.69) is 32.7 Å². The normalized spacial score (nSPS) is 28.2. The summed E-state index contributed by atoms with van der Waals surface area (Å²) in [4.78, 5) is 19.9. The number of amides is 1. The van der Waals surface area contributed by atoms with Crippen molar-refractivity contribution in [2.24, 2.45) is 5.92 Å². The zero-order chi connectivity index (χ0) is 26.6. The van der Waals surface area contributed by atoms with Crippen LogP contribution in [-0.4, -0.2) is 66.3 Å². The molecular weight excluding hydrogens is 497 g/mol. The van der Waals surface area contributed by atoms with Gasteiger partial charge < -0.3 is 20.1 Å². The summed E-state index contributed by atoms with van der Waals surface area (Å²) in [5, 5.41) is 15.9. The average Bonchev–Trinajstić information content (AvgIpc) is 3.65. The molecule has 0 unspecified atom stereocenters. The fourth-order valence-electron chi connectivity index (χ4n) is 7.21. The summed E-state index contributed by atoms with van der Waals surface area (Å²) < 4.78 is 27.0. The number of fused-ring (bicyclic) bond motifs is 4. The van der Waals surface area contributed by atoms with Gasteiger partial charge in [-0.05, 0) is 61.3 Å². The Kier molecular flexibility index (Phi) is 6.39. The summed E-state index contributed by atoms with van der Waals surface area (Å²) in [6.45, 7) is 4.15. The maximum absolute atomic E-state index is 15.3. The van der Waals surface area contributed by atoms with E-state index in [1.54, 1.807) is 6.07 Å². The average molecular weight is 532 g/mol. The number of hydrogen-bond acceptors (Lipinski definition) is 7. The number of carbonyl (C=O) groups excluding carboxylic acids is 1. The number of pyridine rings is 1. The van der Waals surface area contributed by atoms with Gasteiger partial charge in [-0.15, -0.1) is 0 Å². The molecule has 39 heavy (non-hydrogen) atoms. The zero-order valence-electron chi connectivity index (χ0n) is 22.0. The number of likely N-dealkylation sites (tertiary alicyclic amines) is 1. The number of halogens is 1. The fraction of sp³-hybridized carbons (Fsp3) is 0.567. The monoisotopic (exact) mass is 531 g/mol. The second kappa shape index (κ2) is 9.93. The number of piperidine rings is 2. The van der Waals surface area contributed by atoms with E-state index in [4.69, 9.17) is 9.47 Å². The highest BCUT2D eigenvalue weighted by Crippen LogP contribution is 2.45. The lowest BCUT2D eigenvalue weighted by atomic mass is 9.83. The summed E-state index contributed by atoms with van der Waals surface area (Å²) in [6.07, 6.45) is 6.99. The molecule has 204 valence electrons. The van der Waals surface area contributed by atoms with Gasteiger partial charge in [0.1, 0.15) is 11.9 Å². The van der Waals surface area contributed by atoms with E-state index < -0.39 is 11.9 Å². The molecule has 1 amide bonds. The molecule has 1 saturated carbocycles. The third kappa shape index (κ3) is 4.53. The Bertz CT molecular complexity index is 1320. The molecule has 2 bridgehead atoms. The van der Waals surface area contributed by atoms with E-state index in [9.17, 15) is 10.1 Å². The number of hydrogen-bond donors (Lipinski definition) is 2. The van der Waals surface area contributed by atoms with Gasteiger partial charge in [0, 0.05) is 42.9 Å². The van der Waals surface area contributed by atoms with E-state index >= 15 is 4.39 Å². The highest BCUT2D eigenvalue weighted by molar-refractivity contribution is 5.83. The van der Waals surface area contributed by atoms with Gasteiger partial charge in [0.25, 0.3) is 0 Å². The van der Waals surface area contributed by atoms with Crippen molar-refractivity contribution < 1.29 is 18.7 Å². The molecule has 1 aromatic carbocycles. The van der Waals surface area contributed by atoms with E-state index in [0.717, 1.165) is 64.0 Å². The van der Waals surface area contributed by atoms with Crippen molar-refractivity contribution in [3.05, 3.63) is 53.0 Å². The van der Waals surface area contributed by atoms with Crippen LogP contribution in [0, 0.1) is 23.1 Å². The predicted molar refractivity (Wildman–Crippen MR) is 141 cm³/mol. The fourth-order valence-corrected chi connectivity index (χ4v) is 7.21. The van der Waals surface area contributed by atoms with Gasteiger partial charge in [-0.1, -0.05) is 12.1 Å². The number of nitrogens with zero attached hydrogens (tertiary/aromatic N) is 3. The maximum Gasteiger partial charge on any atom is 0.238 e. The molecule has 1 spiro atoms. The number of benzene rings is 1. The number of rotatable bonds is 6. The van der Waals surface area contributed by atoms with E-state index in [1.165, 1.54) is 11.6 Å². The van der Waals surface area contributed by atoms with Crippen molar-refractivity contribution in [3.63, 3.8) is 0 Å². The molecule has 5 heterocycles. The van der Waals surface area contributed by atoms with Crippen LogP contribution in [0.4, 0.5) is 4.39 Å². The molecule has 8 nitrogen and oxygen atoms in total. The lowest BCUT2D eigenvalue weighted by molar-refractivity contribution is -0.124. The summed E-state index contributed by atoms with van der Waals surface area (Å²) in [6, 6.07) is 9.15. The first kappa shape index (κ1) is 25.1. The standard InChI is InChI=1S/C30H34FN5O3/c31-26-11-19(2-1-18(26)9-23(13-32)35-29(37)28-20-3-4-22(10-20)34-28)27-12-25-21(14-33-27)15-39-30(25)5-7-36(8-6-30)24-16-38-17-24/h1-2,11-12,14,20,22-24,28,34H,3-10,15-17H2,(H,35,37)/t20-,22+,23-,28-/m0/s1. The zero-order valence-corrected chi connectivity index (χ0v) is 22.0. The summed E-state index contributed by atoms with van der Waals surface area (Å²) in [7, 11) is 0. The van der Waals surface area contributed by atoms with Crippen LogP contribution in [0.3, 0.4) is 0 Å². The van der Waals surface area contributed by atoms with Crippen LogP contribution in [0.15, 0.2) is 30.5 Å². The van der Waals surface area contributed by atoms with Gasteiger partial charge in [0.15, 0.2) is 0 Å². The third-order valence-corrected chi connectivity index (χ3v) is 9.61. The molecule has 4 atom stereocenters. The van der Waals surface area contributed by atoms with Gasteiger partial charge in [0.2, 0.25) is 5.91 Å². The lowest BCUT2D eigenvalue weighted by Crippen LogP contribution is -2.54. The van der Waals surface area contributed by atoms with Crippen LogP contribution in [-0.2, 0) is 32.9 Å². The Morgan fingerprint density at radius 1 is 1.28 bits per heavy atom. The van der Waals surface area contributed by atoms with Crippen LogP contribution < -0.4 is 10.6 Å². The highest BCUT2D eigenvalue weighted by Gasteiger charge is 2.45. The molecular formula is C30H34FN5O3. The SMILES string of the molecule is N#C[C@H](Cc1ccc(-c2cc3c(cn2)COC32CCN(C3COC3)CC2)cc1F)NC(=O)[C@H]1N[C@@H]2CC[C@H]1C2. The molecule has 1 aliphatic carbocycles. The van der Waals surface area contributed by atoms with Crippen molar-refractivity contribution in [3.8, 4) is 17.3 Å². The Morgan fingerprint density at radius 3 is 2.79 bits per heavy atom. The second-order valence-electron chi connectivity index (χ2n) is 11.9. The van der Waals surface area contributed by atoms with Gasteiger partial charge in [-0.25, -0.2) is 4.39 Å². The number of nitriles is 1. The summed E-state index contributed by atoms with van der Waals surface area (Å²) in [5.41, 5.74) is 3.77. The Hall–Kier alpha value is -2.90.